The highest BCUT2D eigenvalue weighted by molar-refractivity contribution is 5.65. The Balaban J connectivity index is 2.38. The van der Waals surface area contributed by atoms with Crippen molar-refractivity contribution in [2.75, 3.05) is 0 Å². The van der Waals surface area contributed by atoms with Crippen molar-refractivity contribution in [3.05, 3.63) is 30.5 Å². The molecular formula is C9H7F2N3O. The smallest absolute Gasteiger partial charge is 0.387 e. The average molecular weight is 211 g/mol. The zero-order chi connectivity index (χ0) is 10.7. The number of nitrogens with zero attached hydrogens (tertiary/aromatic N) is 2. The van der Waals surface area contributed by atoms with Gasteiger partial charge in [-0.3, -0.25) is 0 Å². The van der Waals surface area contributed by atoms with Crippen LogP contribution in [0.1, 0.15) is 0 Å². The van der Waals surface area contributed by atoms with E-state index < -0.39 is 6.61 Å². The van der Waals surface area contributed by atoms with Crippen LogP contribution < -0.4 is 4.74 Å². The number of ether oxygens (including phenoxy) is 1. The van der Waals surface area contributed by atoms with Crippen molar-refractivity contribution in [1.29, 1.82) is 0 Å². The predicted molar refractivity (Wildman–Crippen MR) is 48.5 cm³/mol. The second kappa shape index (κ2) is 4.04. The van der Waals surface area contributed by atoms with Gasteiger partial charge in [-0.25, -0.2) is 0 Å². The average Bonchev–Trinajstić information content (AvgIpc) is 2.70. The summed E-state index contributed by atoms with van der Waals surface area (Å²) >= 11 is 0. The molecule has 2 aromatic rings. The zero-order valence-corrected chi connectivity index (χ0v) is 7.52. The van der Waals surface area contributed by atoms with Gasteiger partial charge in [0.15, 0.2) is 0 Å². The van der Waals surface area contributed by atoms with Crippen molar-refractivity contribution in [2.45, 2.75) is 6.61 Å². The van der Waals surface area contributed by atoms with E-state index in [9.17, 15) is 8.78 Å². The van der Waals surface area contributed by atoms with E-state index in [0.29, 0.717) is 11.3 Å². The minimum Gasteiger partial charge on any atom is -0.434 e. The lowest BCUT2D eigenvalue weighted by Crippen LogP contribution is -2.03. The number of nitrogens with one attached hydrogen (secondary N) is 1. The number of benzene rings is 1. The Morgan fingerprint density at radius 1 is 1.27 bits per heavy atom. The number of halogens is 2. The summed E-state index contributed by atoms with van der Waals surface area (Å²) in [6, 6.07) is 6.41. The third kappa shape index (κ3) is 2.09. The summed E-state index contributed by atoms with van der Waals surface area (Å²) in [7, 11) is 0. The first kappa shape index (κ1) is 9.57. The van der Waals surface area contributed by atoms with Gasteiger partial charge >= 0.3 is 6.61 Å². The third-order valence-corrected chi connectivity index (χ3v) is 1.79. The van der Waals surface area contributed by atoms with Gasteiger partial charge in [0.1, 0.15) is 11.4 Å². The van der Waals surface area contributed by atoms with Crippen LogP contribution in [0.4, 0.5) is 8.78 Å². The summed E-state index contributed by atoms with van der Waals surface area (Å²) in [4.78, 5) is 0. The molecule has 4 nitrogen and oxygen atoms in total. The number of aromatic amines is 1. The van der Waals surface area contributed by atoms with Crippen LogP contribution in [-0.4, -0.2) is 22.0 Å². The molecule has 6 heteroatoms. The summed E-state index contributed by atoms with van der Waals surface area (Å²) in [6.45, 7) is -2.85. The lowest BCUT2D eigenvalue weighted by molar-refractivity contribution is -0.0494. The van der Waals surface area contributed by atoms with Gasteiger partial charge in [0.2, 0.25) is 0 Å². The SMILES string of the molecule is FC(F)Oc1ccccc1-c1cn[nH]n1. The molecule has 0 aliphatic rings. The molecule has 1 N–H and O–H groups in total. The Bertz CT molecular complexity index is 431. The van der Waals surface area contributed by atoms with Crippen molar-refractivity contribution < 1.29 is 13.5 Å². The van der Waals surface area contributed by atoms with Crippen LogP contribution in [0.15, 0.2) is 30.5 Å². The second-order valence-corrected chi connectivity index (χ2v) is 2.73. The van der Waals surface area contributed by atoms with Crippen LogP contribution in [0.25, 0.3) is 11.3 Å². The van der Waals surface area contributed by atoms with Crippen molar-refractivity contribution in [3.63, 3.8) is 0 Å². The summed E-state index contributed by atoms with van der Waals surface area (Å²) in [5.41, 5.74) is 0.942. The highest BCUT2D eigenvalue weighted by Crippen LogP contribution is 2.28. The van der Waals surface area contributed by atoms with E-state index in [1.165, 1.54) is 12.3 Å². The van der Waals surface area contributed by atoms with Gasteiger partial charge in [0.05, 0.1) is 6.20 Å². The first-order chi connectivity index (χ1) is 7.27. The Hall–Kier alpha value is -1.98. The molecule has 0 unspecified atom stereocenters. The van der Waals surface area contributed by atoms with Crippen LogP contribution in [0.3, 0.4) is 0 Å². The van der Waals surface area contributed by atoms with Crippen molar-refractivity contribution in [2.24, 2.45) is 0 Å². The van der Waals surface area contributed by atoms with E-state index in [1.807, 2.05) is 0 Å². The van der Waals surface area contributed by atoms with Crippen molar-refractivity contribution in [3.8, 4) is 17.0 Å². The molecule has 0 saturated heterocycles. The van der Waals surface area contributed by atoms with Crippen LogP contribution in [-0.2, 0) is 0 Å². The molecule has 0 fully saturated rings. The second-order valence-electron chi connectivity index (χ2n) is 2.73. The third-order valence-electron chi connectivity index (χ3n) is 1.79. The number of hydrogen-bond donors (Lipinski definition) is 1. The molecule has 0 saturated carbocycles. The standard InChI is InChI=1S/C9H7F2N3O/c10-9(11)15-8-4-2-1-3-6(8)7-5-12-14-13-7/h1-5,9H,(H,12,13,14). The number of alkyl halides is 2. The van der Waals surface area contributed by atoms with E-state index in [-0.39, 0.29) is 5.75 Å². The molecule has 0 radical (unpaired) electrons. The zero-order valence-electron chi connectivity index (χ0n) is 7.52. The predicted octanol–water partition coefficient (Wildman–Crippen LogP) is 2.07. The van der Waals surface area contributed by atoms with Gasteiger partial charge < -0.3 is 4.74 Å². The number of para-hydroxylation sites is 1. The van der Waals surface area contributed by atoms with E-state index in [2.05, 4.69) is 20.1 Å². The normalized spacial score (nSPS) is 10.6. The molecule has 78 valence electrons. The van der Waals surface area contributed by atoms with Gasteiger partial charge in [-0.05, 0) is 12.1 Å². The Kier molecular flexibility index (Phi) is 2.57. The summed E-state index contributed by atoms with van der Waals surface area (Å²) in [5.74, 6) is 0.0846. The summed E-state index contributed by atoms with van der Waals surface area (Å²) in [6.07, 6.45) is 1.44. The summed E-state index contributed by atoms with van der Waals surface area (Å²) < 4.78 is 28.5. The Morgan fingerprint density at radius 3 is 2.73 bits per heavy atom. The Labute approximate surface area is 83.9 Å². The van der Waals surface area contributed by atoms with Crippen LogP contribution in [0.5, 0.6) is 5.75 Å². The quantitative estimate of drug-likeness (QED) is 0.845. The maximum absolute atomic E-state index is 12.1. The molecule has 1 aromatic carbocycles. The first-order valence-corrected chi connectivity index (χ1v) is 4.17. The molecule has 15 heavy (non-hydrogen) atoms. The monoisotopic (exact) mass is 211 g/mol. The fourth-order valence-corrected chi connectivity index (χ4v) is 1.21. The maximum atomic E-state index is 12.1. The minimum absolute atomic E-state index is 0.0846. The molecule has 0 bridgehead atoms. The van der Waals surface area contributed by atoms with E-state index >= 15 is 0 Å². The van der Waals surface area contributed by atoms with Gasteiger partial charge in [0, 0.05) is 5.56 Å². The summed E-state index contributed by atoms with van der Waals surface area (Å²) in [5, 5.41) is 9.80. The molecule has 0 atom stereocenters. The van der Waals surface area contributed by atoms with Gasteiger partial charge in [-0.1, -0.05) is 12.1 Å². The van der Waals surface area contributed by atoms with E-state index in [1.54, 1.807) is 18.2 Å². The fourth-order valence-electron chi connectivity index (χ4n) is 1.21. The molecule has 0 aliphatic heterocycles. The molecule has 1 heterocycles. The topological polar surface area (TPSA) is 50.8 Å². The molecule has 0 spiro atoms. The molecule has 0 amide bonds. The fraction of sp³-hybridized carbons (Fsp3) is 0.111. The van der Waals surface area contributed by atoms with E-state index in [4.69, 9.17) is 0 Å². The van der Waals surface area contributed by atoms with Gasteiger partial charge in [0.25, 0.3) is 0 Å². The van der Waals surface area contributed by atoms with Crippen LogP contribution >= 0.6 is 0 Å². The largest absolute Gasteiger partial charge is 0.434 e. The van der Waals surface area contributed by atoms with Crippen LogP contribution in [0.2, 0.25) is 0 Å². The van der Waals surface area contributed by atoms with Crippen LogP contribution in [0, 0.1) is 0 Å². The number of aromatic nitrogens is 3. The number of hydrogen-bond acceptors (Lipinski definition) is 3. The highest BCUT2D eigenvalue weighted by Gasteiger charge is 2.11. The molecular weight excluding hydrogens is 204 g/mol. The number of rotatable bonds is 3. The minimum atomic E-state index is -2.85. The Morgan fingerprint density at radius 2 is 2.07 bits per heavy atom. The van der Waals surface area contributed by atoms with Gasteiger partial charge in [-0.2, -0.15) is 24.2 Å². The molecule has 0 aliphatic carbocycles. The van der Waals surface area contributed by atoms with Crippen molar-refractivity contribution >= 4 is 0 Å². The molecule has 1 aromatic heterocycles. The number of H-pyrrole nitrogens is 1. The highest BCUT2D eigenvalue weighted by atomic mass is 19.3. The maximum Gasteiger partial charge on any atom is 0.387 e. The lowest BCUT2D eigenvalue weighted by Gasteiger charge is -2.07. The van der Waals surface area contributed by atoms with E-state index in [0.717, 1.165) is 0 Å². The van der Waals surface area contributed by atoms with Gasteiger partial charge in [-0.15, -0.1) is 0 Å². The first-order valence-electron chi connectivity index (χ1n) is 4.17. The van der Waals surface area contributed by atoms with Crippen molar-refractivity contribution in [1.82, 2.24) is 15.4 Å². The molecule has 2 rings (SSSR count). The lowest BCUT2D eigenvalue weighted by atomic mass is 10.1.